The van der Waals surface area contributed by atoms with Crippen molar-refractivity contribution in [2.75, 3.05) is 39.8 Å². The SMILES string of the molecule is CN1CC(CN2CCC(C(=O)O)CC2)C1. The van der Waals surface area contributed by atoms with E-state index in [2.05, 4.69) is 16.8 Å². The van der Waals surface area contributed by atoms with Crippen LogP contribution in [0.5, 0.6) is 0 Å². The molecule has 86 valence electrons. The second-order valence-electron chi connectivity index (χ2n) is 5.00. The Kier molecular flexibility index (Phi) is 3.26. The minimum Gasteiger partial charge on any atom is -0.481 e. The molecule has 0 amide bonds. The van der Waals surface area contributed by atoms with E-state index < -0.39 is 5.97 Å². The van der Waals surface area contributed by atoms with Crippen LogP contribution >= 0.6 is 0 Å². The number of carbonyl (C=O) groups is 1. The number of piperidine rings is 1. The van der Waals surface area contributed by atoms with Gasteiger partial charge in [0.25, 0.3) is 0 Å². The molecular formula is C11H20N2O2. The minimum atomic E-state index is -0.613. The van der Waals surface area contributed by atoms with Gasteiger partial charge in [-0.25, -0.2) is 0 Å². The van der Waals surface area contributed by atoms with Gasteiger partial charge < -0.3 is 14.9 Å². The molecule has 4 nitrogen and oxygen atoms in total. The van der Waals surface area contributed by atoms with Crippen molar-refractivity contribution in [1.82, 2.24) is 9.80 Å². The zero-order valence-electron chi connectivity index (χ0n) is 9.35. The molecule has 0 aromatic heterocycles. The van der Waals surface area contributed by atoms with E-state index in [0.717, 1.165) is 38.4 Å². The van der Waals surface area contributed by atoms with Crippen LogP contribution < -0.4 is 0 Å². The highest BCUT2D eigenvalue weighted by atomic mass is 16.4. The Bertz CT molecular complexity index is 231. The maximum Gasteiger partial charge on any atom is 0.306 e. The normalized spacial score (nSPS) is 26.5. The van der Waals surface area contributed by atoms with Crippen molar-refractivity contribution in [2.45, 2.75) is 12.8 Å². The number of rotatable bonds is 3. The molecule has 2 fully saturated rings. The van der Waals surface area contributed by atoms with E-state index in [4.69, 9.17) is 5.11 Å². The fourth-order valence-electron chi connectivity index (χ4n) is 2.67. The average Bonchev–Trinajstić information content (AvgIpc) is 2.16. The molecule has 0 spiro atoms. The number of nitrogens with zero attached hydrogens (tertiary/aromatic N) is 2. The third-order valence-corrected chi connectivity index (χ3v) is 3.59. The lowest BCUT2D eigenvalue weighted by molar-refractivity contribution is -0.143. The van der Waals surface area contributed by atoms with Crippen LogP contribution in [0.4, 0.5) is 0 Å². The number of carboxylic acids is 1. The third-order valence-electron chi connectivity index (χ3n) is 3.59. The van der Waals surface area contributed by atoms with Gasteiger partial charge in [-0.3, -0.25) is 4.79 Å². The summed E-state index contributed by atoms with van der Waals surface area (Å²) in [5, 5.41) is 8.87. The van der Waals surface area contributed by atoms with E-state index in [1.165, 1.54) is 13.1 Å². The monoisotopic (exact) mass is 212 g/mol. The summed E-state index contributed by atoms with van der Waals surface area (Å²) in [5.74, 6) is 0.111. The molecule has 0 atom stereocenters. The third kappa shape index (κ3) is 2.69. The summed E-state index contributed by atoms with van der Waals surface area (Å²) in [7, 11) is 2.15. The molecule has 15 heavy (non-hydrogen) atoms. The van der Waals surface area contributed by atoms with Gasteiger partial charge >= 0.3 is 5.97 Å². The summed E-state index contributed by atoms with van der Waals surface area (Å²) in [6.45, 7) is 5.52. The summed E-state index contributed by atoms with van der Waals surface area (Å²) < 4.78 is 0. The Morgan fingerprint density at radius 2 is 1.93 bits per heavy atom. The summed E-state index contributed by atoms with van der Waals surface area (Å²) in [6.07, 6.45) is 1.66. The van der Waals surface area contributed by atoms with Crippen LogP contribution in [0.25, 0.3) is 0 Å². The van der Waals surface area contributed by atoms with Crippen LogP contribution in [0.2, 0.25) is 0 Å². The maximum atomic E-state index is 10.8. The fourth-order valence-corrected chi connectivity index (χ4v) is 2.67. The van der Waals surface area contributed by atoms with Crippen molar-refractivity contribution in [3.63, 3.8) is 0 Å². The molecule has 0 saturated carbocycles. The number of hydrogen-bond acceptors (Lipinski definition) is 3. The molecule has 2 heterocycles. The van der Waals surface area contributed by atoms with E-state index in [-0.39, 0.29) is 5.92 Å². The highest BCUT2D eigenvalue weighted by molar-refractivity contribution is 5.70. The topological polar surface area (TPSA) is 43.8 Å². The van der Waals surface area contributed by atoms with Gasteiger partial charge in [-0.1, -0.05) is 0 Å². The van der Waals surface area contributed by atoms with Crippen LogP contribution in [0.15, 0.2) is 0 Å². The van der Waals surface area contributed by atoms with Gasteiger partial charge in [-0.15, -0.1) is 0 Å². The van der Waals surface area contributed by atoms with Gasteiger partial charge in [-0.2, -0.15) is 0 Å². The predicted octanol–water partition coefficient (Wildman–Crippen LogP) is 0.345. The van der Waals surface area contributed by atoms with Gasteiger partial charge in [0, 0.05) is 19.6 Å². The summed E-state index contributed by atoms with van der Waals surface area (Å²) in [4.78, 5) is 15.5. The van der Waals surface area contributed by atoms with E-state index in [0.29, 0.717) is 0 Å². The molecule has 2 rings (SSSR count). The summed E-state index contributed by atoms with van der Waals surface area (Å²) in [6, 6.07) is 0. The molecule has 0 aromatic carbocycles. The number of aliphatic carboxylic acids is 1. The second-order valence-corrected chi connectivity index (χ2v) is 5.00. The lowest BCUT2D eigenvalue weighted by Crippen LogP contribution is -2.50. The maximum absolute atomic E-state index is 10.8. The van der Waals surface area contributed by atoms with Crippen LogP contribution in [-0.2, 0) is 4.79 Å². The first-order valence-corrected chi connectivity index (χ1v) is 5.79. The Morgan fingerprint density at radius 1 is 1.33 bits per heavy atom. The highest BCUT2D eigenvalue weighted by Crippen LogP contribution is 2.20. The zero-order chi connectivity index (χ0) is 10.8. The quantitative estimate of drug-likeness (QED) is 0.733. The molecule has 4 heteroatoms. The van der Waals surface area contributed by atoms with Gasteiger partial charge in [0.2, 0.25) is 0 Å². The smallest absolute Gasteiger partial charge is 0.306 e. The van der Waals surface area contributed by atoms with Crippen molar-refractivity contribution >= 4 is 5.97 Å². The molecular weight excluding hydrogens is 192 g/mol. The number of likely N-dealkylation sites (tertiary alicyclic amines) is 2. The summed E-state index contributed by atoms with van der Waals surface area (Å²) >= 11 is 0. The lowest BCUT2D eigenvalue weighted by atomic mass is 9.94. The van der Waals surface area contributed by atoms with Crippen molar-refractivity contribution < 1.29 is 9.90 Å². The molecule has 0 bridgehead atoms. The second kappa shape index (κ2) is 4.49. The molecule has 2 saturated heterocycles. The molecule has 0 aromatic rings. The zero-order valence-corrected chi connectivity index (χ0v) is 9.35. The Balaban J connectivity index is 1.67. The lowest BCUT2D eigenvalue weighted by Gasteiger charge is -2.41. The Labute approximate surface area is 90.9 Å². The van der Waals surface area contributed by atoms with Gasteiger partial charge in [-0.05, 0) is 38.9 Å². The van der Waals surface area contributed by atoms with Crippen LogP contribution in [0, 0.1) is 11.8 Å². The van der Waals surface area contributed by atoms with E-state index in [1.807, 2.05) is 0 Å². The van der Waals surface area contributed by atoms with Crippen molar-refractivity contribution in [2.24, 2.45) is 11.8 Å². The number of hydrogen-bond donors (Lipinski definition) is 1. The first-order valence-electron chi connectivity index (χ1n) is 5.79. The first kappa shape index (κ1) is 10.9. The van der Waals surface area contributed by atoms with E-state index in [9.17, 15) is 4.79 Å². The molecule has 0 aliphatic carbocycles. The van der Waals surface area contributed by atoms with Crippen LogP contribution in [0.1, 0.15) is 12.8 Å². The van der Waals surface area contributed by atoms with Crippen molar-refractivity contribution in [3.8, 4) is 0 Å². The van der Waals surface area contributed by atoms with Gasteiger partial charge in [0.05, 0.1) is 5.92 Å². The van der Waals surface area contributed by atoms with Crippen molar-refractivity contribution in [3.05, 3.63) is 0 Å². The van der Waals surface area contributed by atoms with Crippen molar-refractivity contribution in [1.29, 1.82) is 0 Å². The average molecular weight is 212 g/mol. The Hall–Kier alpha value is -0.610. The predicted molar refractivity (Wildman–Crippen MR) is 57.8 cm³/mol. The van der Waals surface area contributed by atoms with E-state index in [1.54, 1.807) is 0 Å². The fraction of sp³-hybridized carbons (Fsp3) is 0.909. The van der Waals surface area contributed by atoms with Gasteiger partial charge in [0.15, 0.2) is 0 Å². The van der Waals surface area contributed by atoms with Gasteiger partial charge in [0.1, 0.15) is 0 Å². The Morgan fingerprint density at radius 3 is 2.40 bits per heavy atom. The number of carboxylic acid groups (broad SMARTS) is 1. The largest absolute Gasteiger partial charge is 0.481 e. The molecule has 0 unspecified atom stereocenters. The minimum absolute atomic E-state index is 0.0923. The molecule has 1 N–H and O–H groups in total. The summed E-state index contributed by atoms with van der Waals surface area (Å²) in [5.41, 5.74) is 0. The van der Waals surface area contributed by atoms with Crippen LogP contribution in [0.3, 0.4) is 0 Å². The van der Waals surface area contributed by atoms with E-state index >= 15 is 0 Å². The molecule has 2 aliphatic heterocycles. The highest BCUT2D eigenvalue weighted by Gasteiger charge is 2.29. The first-order chi connectivity index (χ1) is 7.15. The standard InChI is InChI=1S/C11H20N2O2/c1-12-6-9(7-12)8-13-4-2-10(3-5-13)11(14)15/h9-10H,2-8H2,1H3,(H,14,15). The molecule has 2 aliphatic rings. The van der Waals surface area contributed by atoms with Crippen LogP contribution in [-0.4, -0.2) is 60.6 Å². The molecule has 0 radical (unpaired) electrons.